The topological polar surface area (TPSA) is 95.9 Å². The molecule has 3 atom stereocenters. The number of allylic oxidation sites excluding steroid dienone is 13. The third-order valence-corrected chi connectivity index (χ3v) is 9.33. The minimum atomic E-state index is -0.820. The molecule has 6 heteroatoms. The van der Waals surface area contributed by atoms with Gasteiger partial charge in [-0.25, -0.2) is 0 Å². The van der Waals surface area contributed by atoms with Crippen LogP contribution in [0, 0.1) is 0 Å². The van der Waals surface area contributed by atoms with Crippen molar-refractivity contribution in [3.05, 3.63) is 85.1 Å². The molecule has 0 radical (unpaired) electrons. The van der Waals surface area contributed by atoms with Crippen molar-refractivity contribution >= 4 is 11.9 Å². The summed E-state index contributed by atoms with van der Waals surface area (Å²) < 4.78 is 5.77. The number of esters is 1. The molecular weight excluding hydrogens is 671 g/mol. The van der Waals surface area contributed by atoms with Gasteiger partial charge in [-0.15, -0.1) is 0 Å². The molecule has 0 aromatic rings. The molecule has 0 aliphatic rings. The highest BCUT2D eigenvalue weighted by Gasteiger charge is 2.23. The predicted octanol–water partition coefficient (Wildman–Crippen LogP) is 12.4. The van der Waals surface area contributed by atoms with E-state index in [2.05, 4.69) is 50.4 Å². The Labute approximate surface area is 332 Å². The van der Waals surface area contributed by atoms with Crippen molar-refractivity contribution in [2.75, 3.05) is 6.61 Å². The molecule has 0 aliphatic carbocycles. The van der Waals surface area contributed by atoms with Gasteiger partial charge < -0.3 is 20.3 Å². The number of carbonyl (C=O) groups is 2. The van der Waals surface area contributed by atoms with E-state index in [-0.39, 0.29) is 24.9 Å². The average molecular weight is 752 g/mol. The van der Waals surface area contributed by atoms with Crippen LogP contribution in [0.5, 0.6) is 0 Å². The maximum Gasteiger partial charge on any atom is 0.306 e. The van der Waals surface area contributed by atoms with Gasteiger partial charge in [-0.1, -0.05) is 196 Å². The van der Waals surface area contributed by atoms with Crippen molar-refractivity contribution in [3.63, 3.8) is 0 Å². The van der Waals surface area contributed by atoms with Crippen molar-refractivity contribution in [1.29, 1.82) is 0 Å². The molecule has 1 amide bonds. The highest BCUT2D eigenvalue weighted by Crippen LogP contribution is 2.14. The molecule has 0 saturated heterocycles. The number of ether oxygens (including phenoxy) is 1. The van der Waals surface area contributed by atoms with Crippen molar-refractivity contribution in [2.45, 2.75) is 200 Å². The summed E-state index contributed by atoms with van der Waals surface area (Å²) in [5.41, 5.74) is 0. The van der Waals surface area contributed by atoms with Crippen LogP contribution in [0.2, 0.25) is 0 Å². The van der Waals surface area contributed by atoms with E-state index < -0.39 is 18.2 Å². The average Bonchev–Trinajstić information content (AvgIpc) is 3.16. The molecular formula is C48H81NO5. The lowest BCUT2D eigenvalue weighted by Crippen LogP contribution is -2.46. The van der Waals surface area contributed by atoms with E-state index in [1.54, 1.807) is 6.08 Å². The monoisotopic (exact) mass is 752 g/mol. The molecule has 308 valence electrons. The van der Waals surface area contributed by atoms with E-state index in [1.807, 2.05) is 54.7 Å². The number of unbranched alkanes of at least 4 members (excludes halogenated alkanes) is 17. The molecule has 0 spiro atoms. The minimum Gasteiger partial charge on any atom is -0.458 e. The van der Waals surface area contributed by atoms with Crippen molar-refractivity contribution in [2.24, 2.45) is 0 Å². The second-order valence-electron chi connectivity index (χ2n) is 14.5. The minimum absolute atomic E-state index is 0.0509. The summed E-state index contributed by atoms with van der Waals surface area (Å²) in [6, 6.07) is -0.743. The Bertz CT molecular complexity index is 1070. The van der Waals surface area contributed by atoms with Gasteiger partial charge in [-0.3, -0.25) is 9.59 Å². The summed E-state index contributed by atoms with van der Waals surface area (Å²) in [5.74, 6) is -0.664. The molecule has 0 aromatic carbocycles. The maximum absolute atomic E-state index is 13.0. The fourth-order valence-corrected chi connectivity index (χ4v) is 6.00. The van der Waals surface area contributed by atoms with Crippen LogP contribution in [0.15, 0.2) is 85.1 Å². The third kappa shape index (κ3) is 36.0. The number of aliphatic hydroxyl groups excluding tert-OH is 2. The molecule has 54 heavy (non-hydrogen) atoms. The quantitative estimate of drug-likeness (QED) is 0.0254. The van der Waals surface area contributed by atoms with Crippen LogP contribution in [-0.2, 0) is 14.3 Å². The van der Waals surface area contributed by atoms with Gasteiger partial charge in [0.05, 0.1) is 25.2 Å². The van der Waals surface area contributed by atoms with Crippen LogP contribution >= 0.6 is 0 Å². The summed E-state index contributed by atoms with van der Waals surface area (Å²) in [7, 11) is 0. The van der Waals surface area contributed by atoms with Gasteiger partial charge in [-0.2, -0.15) is 0 Å². The fraction of sp³-hybridized carbons (Fsp3) is 0.667. The van der Waals surface area contributed by atoms with E-state index in [1.165, 1.54) is 77.0 Å². The molecule has 0 heterocycles. The Morgan fingerprint density at radius 1 is 0.593 bits per heavy atom. The lowest BCUT2D eigenvalue weighted by atomic mass is 10.0. The second-order valence-corrected chi connectivity index (χ2v) is 14.5. The standard InChI is InChI=1S/C48H81NO5/c1-4-7-10-13-16-19-21-22-23-24-26-29-32-35-38-41-48(53)54-44(39-36-33-30-28-25-20-17-14-11-8-5-2)42-47(52)49-45(43-50)46(51)40-37-34-31-27-18-15-12-9-6-3/h7,10,13,16,19,21-24,26,28,30,36,39,44-46,50-51H,4-6,8-9,11-12,14-15,17-18,20,25,27,29,31-35,37-38,40-43H2,1-3H3,(H,49,52)/b10-7+,16-13+,21-19-,23-22-,26-24+,30-28-,39-36+. The van der Waals surface area contributed by atoms with Crippen molar-refractivity contribution < 1.29 is 24.5 Å². The van der Waals surface area contributed by atoms with Crippen LogP contribution in [0.3, 0.4) is 0 Å². The highest BCUT2D eigenvalue weighted by atomic mass is 16.5. The number of amides is 1. The molecule has 6 nitrogen and oxygen atoms in total. The predicted molar refractivity (Wildman–Crippen MR) is 231 cm³/mol. The molecule has 0 saturated carbocycles. The zero-order chi connectivity index (χ0) is 39.6. The van der Waals surface area contributed by atoms with E-state index >= 15 is 0 Å². The van der Waals surface area contributed by atoms with Crippen LogP contribution < -0.4 is 5.32 Å². The van der Waals surface area contributed by atoms with Gasteiger partial charge in [0.2, 0.25) is 5.91 Å². The number of carbonyl (C=O) groups excluding carboxylic acids is 2. The summed E-state index contributed by atoms with van der Waals surface area (Å²) in [4.78, 5) is 25.8. The van der Waals surface area contributed by atoms with Gasteiger partial charge in [0.1, 0.15) is 6.10 Å². The molecule has 3 N–H and O–H groups in total. The van der Waals surface area contributed by atoms with Crippen LogP contribution in [0.1, 0.15) is 181 Å². The molecule has 0 aliphatic heterocycles. The normalized spacial score (nSPS) is 14.2. The second kappa shape index (κ2) is 41.2. The first-order valence-corrected chi connectivity index (χ1v) is 21.9. The lowest BCUT2D eigenvalue weighted by molar-refractivity contribution is -0.148. The Morgan fingerprint density at radius 2 is 1.11 bits per heavy atom. The maximum atomic E-state index is 13.0. The Hall–Kier alpha value is -2.96. The zero-order valence-electron chi connectivity index (χ0n) is 34.8. The van der Waals surface area contributed by atoms with E-state index in [0.717, 1.165) is 57.8 Å². The van der Waals surface area contributed by atoms with E-state index in [9.17, 15) is 19.8 Å². The molecule has 0 aromatic heterocycles. The smallest absolute Gasteiger partial charge is 0.306 e. The summed E-state index contributed by atoms with van der Waals surface area (Å²) in [6.07, 6.45) is 52.4. The van der Waals surface area contributed by atoms with Crippen LogP contribution in [-0.4, -0.2) is 46.9 Å². The molecule has 0 rings (SSSR count). The molecule has 0 bridgehead atoms. The van der Waals surface area contributed by atoms with Gasteiger partial charge >= 0.3 is 5.97 Å². The third-order valence-electron chi connectivity index (χ3n) is 9.33. The number of hydrogen-bond donors (Lipinski definition) is 3. The van der Waals surface area contributed by atoms with Crippen molar-refractivity contribution in [1.82, 2.24) is 5.32 Å². The highest BCUT2D eigenvalue weighted by molar-refractivity contribution is 5.78. The first kappa shape index (κ1) is 51.0. The summed E-state index contributed by atoms with van der Waals surface area (Å²) >= 11 is 0. The molecule has 0 fully saturated rings. The van der Waals surface area contributed by atoms with Gasteiger partial charge in [0.15, 0.2) is 0 Å². The summed E-state index contributed by atoms with van der Waals surface area (Å²) in [5, 5.41) is 23.5. The van der Waals surface area contributed by atoms with Gasteiger partial charge in [0.25, 0.3) is 0 Å². The largest absolute Gasteiger partial charge is 0.458 e. The first-order valence-electron chi connectivity index (χ1n) is 21.9. The van der Waals surface area contributed by atoms with Crippen LogP contribution in [0.4, 0.5) is 0 Å². The van der Waals surface area contributed by atoms with Crippen LogP contribution in [0.25, 0.3) is 0 Å². The summed E-state index contributed by atoms with van der Waals surface area (Å²) in [6.45, 7) is 6.24. The Balaban J connectivity index is 4.80. The number of aliphatic hydroxyl groups is 2. The van der Waals surface area contributed by atoms with E-state index in [0.29, 0.717) is 19.3 Å². The zero-order valence-corrected chi connectivity index (χ0v) is 34.8. The number of nitrogens with one attached hydrogen (secondary N) is 1. The SMILES string of the molecule is CC/C=C/C=C/C=C\C=C/C=C/CCCCCC(=O)OC(/C=C/C/C=C\CCCCCCCC)CC(=O)NC(CO)C(O)CCCCCCCCCCC. The fourth-order valence-electron chi connectivity index (χ4n) is 6.00. The number of rotatable bonds is 37. The lowest BCUT2D eigenvalue weighted by Gasteiger charge is -2.23. The van der Waals surface area contributed by atoms with Crippen molar-refractivity contribution in [3.8, 4) is 0 Å². The Kier molecular flexibility index (Phi) is 38.9. The van der Waals surface area contributed by atoms with Gasteiger partial charge in [0, 0.05) is 6.42 Å². The molecule has 3 unspecified atom stereocenters. The number of hydrogen-bond acceptors (Lipinski definition) is 5. The van der Waals surface area contributed by atoms with E-state index in [4.69, 9.17) is 4.74 Å². The first-order chi connectivity index (χ1) is 26.5. The Morgan fingerprint density at radius 3 is 1.70 bits per heavy atom. The van der Waals surface area contributed by atoms with Gasteiger partial charge in [-0.05, 0) is 57.4 Å².